The SMILES string of the molecule is CCCCc1ccc(C(Br)c2cc3c(s2)CCCC3)cc1. The van der Waals surface area contributed by atoms with E-state index in [-0.39, 0.29) is 0 Å². The molecule has 1 aliphatic carbocycles. The van der Waals surface area contributed by atoms with Crippen LogP contribution in [-0.4, -0.2) is 0 Å². The van der Waals surface area contributed by atoms with E-state index < -0.39 is 0 Å². The maximum Gasteiger partial charge on any atom is 0.0738 e. The standard InChI is InChI=1S/C19H23BrS/c1-2-3-6-14-9-11-15(12-10-14)19(20)18-13-16-7-4-5-8-17(16)21-18/h9-13,19H,2-8H2,1H3. The molecule has 0 N–H and O–H groups in total. The van der Waals surface area contributed by atoms with E-state index in [2.05, 4.69) is 53.2 Å². The first-order valence-electron chi connectivity index (χ1n) is 8.12. The smallest absolute Gasteiger partial charge is 0.0738 e. The lowest BCUT2D eigenvalue weighted by Gasteiger charge is -2.09. The van der Waals surface area contributed by atoms with Crippen LogP contribution in [0.1, 0.15) is 63.9 Å². The number of benzene rings is 1. The first-order valence-corrected chi connectivity index (χ1v) is 9.85. The summed E-state index contributed by atoms with van der Waals surface area (Å²) < 4.78 is 0. The van der Waals surface area contributed by atoms with Crippen LogP contribution in [0.25, 0.3) is 0 Å². The van der Waals surface area contributed by atoms with Gasteiger partial charge in [-0.05, 0) is 61.3 Å². The van der Waals surface area contributed by atoms with Gasteiger partial charge in [0.1, 0.15) is 0 Å². The van der Waals surface area contributed by atoms with Crippen molar-refractivity contribution in [2.45, 2.75) is 56.7 Å². The molecule has 0 nitrogen and oxygen atoms in total. The Morgan fingerprint density at radius 1 is 1.14 bits per heavy atom. The van der Waals surface area contributed by atoms with Crippen LogP contribution in [0.5, 0.6) is 0 Å². The van der Waals surface area contributed by atoms with E-state index >= 15 is 0 Å². The third-order valence-electron chi connectivity index (χ3n) is 4.36. The molecule has 0 saturated carbocycles. The number of halogens is 1. The lowest BCUT2D eigenvalue weighted by Crippen LogP contribution is -1.96. The number of unbranched alkanes of at least 4 members (excludes halogenated alkanes) is 1. The van der Waals surface area contributed by atoms with Crippen molar-refractivity contribution < 1.29 is 0 Å². The molecule has 21 heavy (non-hydrogen) atoms. The van der Waals surface area contributed by atoms with Crippen LogP contribution in [0.3, 0.4) is 0 Å². The van der Waals surface area contributed by atoms with Gasteiger partial charge in [-0.15, -0.1) is 11.3 Å². The highest BCUT2D eigenvalue weighted by Crippen LogP contribution is 2.39. The van der Waals surface area contributed by atoms with Crippen molar-refractivity contribution in [3.05, 3.63) is 56.8 Å². The van der Waals surface area contributed by atoms with E-state index in [9.17, 15) is 0 Å². The van der Waals surface area contributed by atoms with Gasteiger partial charge < -0.3 is 0 Å². The minimum atomic E-state index is 0.355. The zero-order valence-electron chi connectivity index (χ0n) is 12.7. The molecular formula is C19H23BrS. The molecule has 112 valence electrons. The molecule has 0 bridgehead atoms. The summed E-state index contributed by atoms with van der Waals surface area (Å²) in [5, 5.41) is 0. The van der Waals surface area contributed by atoms with Gasteiger partial charge in [-0.2, -0.15) is 0 Å². The zero-order valence-corrected chi connectivity index (χ0v) is 15.1. The third kappa shape index (κ3) is 3.60. The fourth-order valence-electron chi connectivity index (χ4n) is 3.04. The number of fused-ring (bicyclic) bond motifs is 1. The molecule has 0 spiro atoms. The number of thiophene rings is 1. The van der Waals surface area contributed by atoms with Crippen molar-refractivity contribution in [3.63, 3.8) is 0 Å². The second-order valence-electron chi connectivity index (χ2n) is 6.01. The predicted molar refractivity (Wildman–Crippen MR) is 96.8 cm³/mol. The maximum atomic E-state index is 3.91. The summed E-state index contributed by atoms with van der Waals surface area (Å²) in [5.74, 6) is 0. The first-order chi connectivity index (χ1) is 10.3. The van der Waals surface area contributed by atoms with Crippen LogP contribution >= 0.6 is 27.3 Å². The van der Waals surface area contributed by atoms with Crippen molar-refractivity contribution >= 4 is 27.3 Å². The normalized spacial score (nSPS) is 15.7. The summed E-state index contributed by atoms with van der Waals surface area (Å²) >= 11 is 5.92. The van der Waals surface area contributed by atoms with Crippen molar-refractivity contribution in [2.24, 2.45) is 0 Å². The number of hydrogen-bond acceptors (Lipinski definition) is 1. The van der Waals surface area contributed by atoms with Gasteiger partial charge >= 0.3 is 0 Å². The van der Waals surface area contributed by atoms with Crippen LogP contribution in [-0.2, 0) is 19.3 Å². The van der Waals surface area contributed by atoms with Crippen molar-refractivity contribution in [2.75, 3.05) is 0 Å². The van der Waals surface area contributed by atoms with Gasteiger partial charge in [-0.1, -0.05) is 53.5 Å². The van der Waals surface area contributed by atoms with E-state index in [4.69, 9.17) is 0 Å². The number of hydrogen-bond donors (Lipinski definition) is 0. The van der Waals surface area contributed by atoms with Crippen molar-refractivity contribution in [1.82, 2.24) is 0 Å². The molecule has 1 aromatic heterocycles. The average molecular weight is 363 g/mol. The van der Waals surface area contributed by atoms with Gasteiger partial charge in [0.15, 0.2) is 0 Å². The van der Waals surface area contributed by atoms with Crippen molar-refractivity contribution in [3.8, 4) is 0 Å². The van der Waals surface area contributed by atoms with E-state index in [1.807, 2.05) is 11.3 Å². The Morgan fingerprint density at radius 3 is 2.62 bits per heavy atom. The second kappa shape index (κ2) is 7.11. The van der Waals surface area contributed by atoms with E-state index in [0.29, 0.717) is 4.83 Å². The summed E-state index contributed by atoms with van der Waals surface area (Å²) in [5.41, 5.74) is 4.45. The molecule has 0 amide bonds. The van der Waals surface area contributed by atoms with E-state index in [0.717, 1.165) is 0 Å². The van der Waals surface area contributed by atoms with Crippen LogP contribution in [0.15, 0.2) is 30.3 Å². The minimum Gasteiger partial charge on any atom is -0.144 e. The summed E-state index contributed by atoms with van der Waals surface area (Å²) in [6.07, 6.45) is 9.06. The quantitative estimate of drug-likeness (QED) is 0.535. The third-order valence-corrected chi connectivity index (χ3v) is 6.98. The maximum absolute atomic E-state index is 3.91. The predicted octanol–water partition coefficient (Wildman–Crippen LogP) is 6.45. The number of rotatable bonds is 5. The Kier molecular flexibility index (Phi) is 5.18. The molecule has 0 aliphatic heterocycles. The highest BCUT2D eigenvalue weighted by molar-refractivity contribution is 9.09. The van der Waals surface area contributed by atoms with Crippen LogP contribution in [0, 0.1) is 0 Å². The van der Waals surface area contributed by atoms with Crippen LogP contribution in [0.2, 0.25) is 0 Å². The highest BCUT2D eigenvalue weighted by Gasteiger charge is 2.18. The van der Waals surface area contributed by atoms with Gasteiger partial charge in [0.2, 0.25) is 0 Å². The topological polar surface area (TPSA) is 0 Å². The summed E-state index contributed by atoms with van der Waals surface area (Å²) in [7, 11) is 0. The molecule has 2 heteroatoms. The fraction of sp³-hybridized carbons (Fsp3) is 0.474. The van der Waals surface area contributed by atoms with Gasteiger partial charge in [0.05, 0.1) is 4.83 Å². The largest absolute Gasteiger partial charge is 0.144 e. The lowest BCUT2D eigenvalue weighted by atomic mass is 9.98. The number of alkyl halides is 1. The van der Waals surface area contributed by atoms with Gasteiger partial charge in [-0.3, -0.25) is 0 Å². The Hall–Kier alpha value is -0.600. The fourth-order valence-corrected chi connectivity index (χ4v) is 5.02. The first kappa shape index (κ1) is 15.3. The molecule has 2 aromatic rings. The highest BCUT2D eigenvalue weighted by atomic mass is 79.9. The molecule has 0 radical (unpaired) electrons. The van der Waals surface area contributed by atoms with Gasteiger partial charge in [-0.25, -0.2) is 0 Å². The Labute approximate surface area is 140 Å². The van der Waals surface area contributed by atoms with Crippen molar-refractivity contribution in [1.29, 1.82) is 0 Å². The summed E-state index contributed by atoms with van der Waals surface area (Å²) in [6, 6.07) is 11.6. The second-order valence-corrected chi connectivity index (χ2v) is 8.10. The molecule has 1 aromatic carbocycles. The van der Waals surface area contributed by atoms with E-state index in [1.165, 1.54) is 60.9 Å². The van der Waals surface area contributed by atoms with Crippen LogP contribution in [0.4, 0.5) is 0 Å². The lowest BCUT2D eigenvalue weighted by molar-refractivity contribution is 0.697. The number of aryl methyl sites for hydroxylation is 3. The molecule has 3 rings (SSSR count). The average Bonchev–Trinajstić information content (AvgIpc) is 2.96. The Bertz CT molecular complexity index is 559. The molecule has 1 atom stereocenters. The zero-order chi connectivity index (χ0) is 14.7. The Balaban J connectivity index is 1.75. The molecular weight excluding hydrogens is 340 g/mol. The van der Waals surface area contributed by atoms with Gasteiger partial charge in [0, 0.05) is 9.75 Å². The molecule has 0 fully saturated rings. The molecule has 0 saturated heterocycles. The van der Waals surface area contributed by atoms with Gasteiger partial charge in [0.25, 0.3) is 0 Å². The monoisotopic (exact) mass is 362 g/mol. The summed E-state index contributed by atoms with van der Waals surface area (Å²) in [4.78, 5) is 3.46. The molecule has 1 heterocycles. The summed E-state index contributed by atoms with van der Waals surface area (Å²) in [6.45, 7) is 2.25. The van der Waals surface area contributed by atoms with Crippen LogP contribution < -0.4 is 0 Å². The molecule has 1 unspecified atom stereocenters. The minimum absolute atomic E-state index is 0.355. The van der Waals surface area contributed by atoms with E-state index in [1.54, 1.807) is 10.4 Å². The Morgan fingerprint density at radius 2 is 1.90 bits per heavy atom. The molecule has 1 aliphatic rings.